The highest BCUT2D eigenvalue weighted by Crippen LogP contribution is 2.18. The van der Waals surface area contributed by atoms with Crippen molar-refractivity contribution in [3.8, 4) is 0 Å². The van der Waals surface area contributed by atoms with Crippen LogP contribution in [0.25, 0.3) is 0 Å². The molecule has 0 saturated carbocycles. The van der Waals surface area contributed by atoms with Gasteiger partial charge in [0.2, 0.25) is 0 Å². The Morgan fingerprint density at radius 3 is 3.05 bits per heavy atom. The maximum atomic E-state index is 3.46. The molecule has 0 spiro atoms. The molecule has 1 N–H and O–H groups in total. The molecule has 19 heavy (non-hydrogen) atoms. The summed E-state index contributed by atoms with van der Waals surface area (Å²) in [6, 6.07) is 3.03. The third-order valence-corrected chi connectivity index (χ3v) is 4.21. The number of nitrogens with zero attached hydrogens (tertiary/aromatic N) is 2. The summed E-state index contributed by atoms with van der Waals surface area (Å²) in [5.74, 6) is 0. The minimum atomic E-state index is 0.790. The Bertz CT molecular complexity index is 359. The van der Waals surface area contributed by atoms with Crippen LogP contribution in [0.4, 0.5) is 0 Å². The average Bonchev–Trinajstić information content (AvgIpc) is 2.86. The van der Waals surface area contributed by atoms with Gasteiger partial charge in [0.1, 0.15) is 0 Å². The Labute approximate surface area is 118 Å². The molecule has 3 heteroatoms. The molecule has 3 nitrogen and oxygen atoms in total. The maximum Gasteiger partial charge on any atom is 0.0234 e. The van der Waals surface area contributed by atoms with E-state index in [1.807, 2.05) is 0 Å². The molecule has 1 aliphatic rings. The Kier molecular flexibility index (Phi) is 5.93. The highest BCUT2D eigenvalue weighted by atomic mass is 15.1. The smallest absolute Gasteiger partial charge is 0.0234 e. The van der Waals surface area contributed by atoms with Crippen molar-refractivity contribution in [3.63, 3.8) is 0 Å². The zero-order valence-electron chi connectivity index (χ0n) is 12.6. The first-order valence-corrected chi connectivity index (χ1v) is 7.85. The SMILES string of the molecule is CCCNCc1ccn(CCC2CCCCN2C)c1. The predicted molar refractivity (Wildman–Crippen MR) is 81.3 cm³/mol. The highest BCUT2D eigenvalue weighted by Gasteiger charge is 2.18. The molecular formula is C16H29N3. The number of hydrogen-bond donors (Lipinski definition) is 1. The van der Waals surface area contributed by atoms with E-state index in [2.05, 4.69) is 47.2 Å². The second-order valence-corrected chi connectivity index (χ2v) is 5.85. The second-order valence-electron chi connectivity index (χ2n) is 5.85. The van der Waals surface area contributed by atoms with Crippen LogP contribution in [0.2, 0.25) is 0 Å². The van der Waals surface area contributed by atoms with Gasteiger partial charge in [0.15, 0.2) is 0 Å². The molecule has 0 aliphatic carbocycles. The van der Waals surface area contributed by atoms with Crippen molar-refractivity contribution in [3.05, 3.63) is 24.0 Å². The normalized spacial score (nSPS) is 20.8. The molecule has 1 saturated heterocycles. The van der Waals surface area contributed by atoms with Gasteiger partial charge in [-0.25, -0.2) is 0 Å². The first-order valence-electron chi connectivity index (χ1n) is 7.85. The first-order chi connectivity index (χ1) is 9.29. The fraction of sp³-hybridized carbons (Fsp3) is 0.750. The number of aryl methyl sites for hydroxylation is 1. The van der Waals surface area contributed by atoms with E-state index >= 15 is 0 Å². The Balaban J connectivity index is 1.73. The van der Waals surface area contributed by atoms with Crippen molar-refractivity contribution in [1.82, 2.24) is 14.8 Å². The average molecular weight is 263 g/mol. The maximum absolute atomic E-state index is 3.46. The minimum absolute atomic E-state index is 0.790. The van der Waals surface area contributed by atoms with Crippen LogP contribution in [-0.4, -0.2) is 35.6 Å². The van der Waals surface area contributed by atoms with Crippen molar-refractivity contribution in [1.29, 1.82) is 0 Å². The predicted octanol–water partition coefficient (Wildman–Crippen LogP) is 2.86. The molecule has 1 unspecified atom stereocenters. The monoisotopic (exact) mass is 263 g/mol. The summed E-state index contributed by atoms with van der Waals surface area (Å²) in [5.41, 5.74) is 1.41. The standard InChI is InChI=1S/C16H29N3/c1-3-9-17-13-15-7-11-19(14-15)12-8-16-6-4-5-10-18(16)2/h7,11,14,16-17H,3-6,8-10,12-13H2,1-2H3. The summed E-state index contributed by atoms with van der Waals surface area (Å²) >= 11 is 0. The molecule has 2 rings (SSSR count). The number of aromatic nitrogens is 1. The zero-order valence-corrected chi connectivity index (χ0v) is 12.6. The van der Waals surface area contributed by atoms with E-state index in [1.54, 1.807) is 0 Å². The van der Waals surface area contributed by atoms with E-state index in [9.17, 15) is 0 Å². The molecular weight excluding hydrogens is 234 g/mol. The van der Waals surface area contributed by atoms with Crippen LogP contribution in [0.1, 0.15) is 44.6 Å². The third-order valence-electron chi connectivity index (χ3n) is 4.21. The van der Waals surface area contributed by atoms with E-state index in [1.165, 1.54) is 44.2 Å². The van der Waals surface area contributed by atoms with Crippen molar-refractivity contribution in [2.45, 2.75) is 58.2 Å². The van der Waals surface area contributed by atoms with Gasteiger partial charge in [-0.15, -0.1) is 0 Å². The molecule has 0 amide bonds. The van der Waals surface area contributed by atoms with Crippen LogP contribution in [-0.2, 0) is 13.1 Å². The topological polar surface area (TPSA) is 20.2 Å². The van der Waals surface area contributed by atoms with Gasteiger partial charge in [0.05, 0.1) is 0 Å². The lowest BCUT2D eigenvalue weighted by molar-refractivity contribution is 0.171. The summed E-state index contributed by atoms with van der Waals surface area (Å²) in [6.45, 7) is 6.76. The summed E-state index contributed by atoms with van der Waals surface area (Å²) < 4.78 is 2.35. The van der Waals surface area contributed by atoms with Crippen LogP contribution in [0.5, 0.6) is 0 Å². The molecule has 1 fully saturated rings. The molecule has 1 atom stereocenters. The molecule has 1 aliphatic heterocycles. The first kappa shape index (κ1) is 14.6. The summed E-state index contributed by atoms with van der Waals surface area (Å²) in [7, 11) is 2.28. The van der Waals surface area contributed by atoms with Gasteiger partial charge in [-0.2, -0.15) is 0 Å². The van der Waals surface area contributed by atoms with Gasteiger partial charge in [0, 0.05) is 31.5 Å². The zero-order chi connectivity index (χ0) is 13.5. The molecule has 0 bridgehead atoms. The number of rotatable bonds is 7. The second kappa shape index (κ2) is 7.71. The fourth-order valence-electron chi connectivity index (χ4n) is 2.95. The Morgan fingerprint density at radius 2 is 2.26 bits per heavy atom. The quantitative estimate of drug-likeness (QED) is 0.763. The van der Waals surface area contributed by atoms with Gasteiger partial charge in [-0.3, -0.25) is 0 Å². The fourth-order valence-corrected chi connectivity index (χ4v) is 2.95. The number of hydrogen-bond acceptors (Lipinski definition) is 2. The summed E-state index contributed by atoms with van der Waals surface area (Å²) in [4.78, 5) is 2.54. The van der Waals surface area contributed by atoms with Crippen molar-refractivity contribution >= 4 is 0 Å². The van der Waals surface area contributed by atoms with Gasteiger partial charge in [-0.05, 0) is 57.5 Å². The number of nitrogens with one attached hydrogen (secondary N) is 1. The summed E-state index contributed by atoms with van der Waals surface area (Å²) in [6.07, 6.45) is 11.2. The van der Waals surface area contributed by atoms with Crippen LogP contribution < -0.4 is 5.32 Å². The van der Waals surface area contributed by atoms with Gasteiger partial charge < -0.3 is 14.8 Å². The lowest BCUT2D eigenvalue weighted by atomic mass is 10.0. The molecule has 0 aromatic carbocycles. The van der Waals surface area contributed by atoms with Gasteiger partial charge in [-0.1, -0.05) is 13.3 Å². The molecule has 0 radical (unpaired) electrons. The van der Waals surface area contributed by atoms with E-state index in [0.29, 0.717) is 0 Å². The minimum Gasteiger partial charge on any atom is -0.354 e. The lowest BCUT2D eigenvalue weighted by Crippen LogP contribution is -2.36. The van der Waals surface area contributed by atoms with Crippen LogP contribution in [0.15, 0.2) is 18.5 Å². The molecule has 108 valence electrons. The Morgan fingerprint density at radius 1 is 1.37 bits per heavy atom. The Hall–Kier alpha value is -0.800. The van der Waals surface area contributed by atoms with Crippen molar-refractivity contribution in [2.24, 2.45) is 0 Å². The number of likely N-dealkylation sites (tertiary alicyclic amines) is 1. The van der Waals surface area contributed by atoms with Crippen molar-refractivity contribution in [2.75, 3.05) is 20.1 Å². The van der Waals surface area contributed by atoms with E-state index < -0.39 is 0 Å². The van der Waals surface area contributed by atoms with Crippen LogP contribution >= 0.6 is 0 Å². The van der Waals surface area contributed by atoms with E-state index in [-0.39, 0.29) is 0 Å². The van der Waals surface area contributed by atoms with Gasteiger partial charge >= 0.3 is 0 Å². The largest absolute Gasteiger partial charge is 0.354 e. The van der Waals surface area contributed by atoms with Crippen molar-refractivity contribution < 1.29 is 0 Å². The van der Waals surface area contributed by atoms with E-state index in [0.717, 1.165) is 25.7 Å². The van der Waals surface area contributed by atoms with Crippen LogP contribution in [0, 0.1) is 0 Å². The molecule has 1 aromatic heterocycles. The molecule has 2 heterocycles. The number of piperidine rings is 1. The third kappa shape index (κ3) is 4.66. The summed E-state index contributed by atoms with van der Waals surface area (Å²) in [5, 5.41) is 3.46. The van der Waals surface area contributed by atoms with Gasteiger partial charge in [0.25, 0.3) is 0 Å². The lowest BCUT2D eigenvalue weighted by Gasteiger charge is -2.32. The molecule has 1 aromatic rings. The highest BCUT2D eigenvalue weighted by molar-refractivity contribution is 5.09. The van der Waals surface area contributed by atoms with E-state index in [4.69, 9.17) is 0 Å². The van der Waals surface area contributed by atoms with Crippen LogP contribution in [0.3, 0.4) is 0 Å².